The summed E-state index contributed by atoms with van der Waals surface area (Å²) in [7, 11) is 0. The van der Waals surface area contributed by atoms with Crippen LogP contribution in [-0.2, 0) is 4.79 Å². The predicted octanol–water partition coefficient (Wildman–Crippen LogP) is 3.70. The molecule has 0 bridgehead atoms. The van der Waals surface area contributed by atoms with Gasteiger partial charge in [-0.25, -0.2) is 0 Å². The Labute approximate surface area is 145 Å². The fourth-order valence-corrected chi connectivity index (χ4v) is 4.11. The van der Waals surface area contributed by atoms with Gasteiger partial charge in [0.15, 0.2) is 0 Å². The molecule has 1 aliphatic carbocycles. The highest BCUT2D eigenvalue weighted by Crippen LogP contribution is 2.54. The molecule has 5 unspecified atom stereocenters. The molecule has 0 saturated heterocycles. The summed E-state index contributed by atoms with van der Waals surface area (Å²) in [6, 6.07) is 0. The molecule has 24 heavy (non-hydrogen) atoms. The lowest BCUT2D eigenvalue weighted by Crippen LogP contribution is -2.46. The Kier molecular flexibility index (Phi) is 6.59. The highest BCUT2D eigenvalue weighted by molar-refractivity contribution is 5.66. The van der Waals surface area contributed by atoms with Crippen molar-refractivity contribution >= 4 is 5.97 Å². The number of aliphatic hydroxyl groups excluding tert-OH is 1. The number of aliphatic hydroxyl groups is 2. The molecule has 0 radical (unpaired) electrons. The van der Waals surface area contributed by atoms with Gasteiger partial charge >= 0.3 is 5.97 Å². The van der Waals surface area contributed by atoms with Crippen LogP contribution in [0.25, 0.3) is 0 Å². The van der Waals surface area contributed by atoms with E-state index in [2.05, 4.69) is 26.7 Å². The molecule has 0 heterocycles. The van der Waals surface area contributed by atoms with E-state index >= 15 is 0 Å². The van der Waals surface area contributed by atoms with Crippen LogP contribution in [0.1, 0.15) is 52.9 Å². The van der Waals surface area contributed by atoms with E-state index in [0.717, 1.165) is 24.0 Å². The van der Waals surface area contributed by atoms with Gasteiger partial charge in [-0.1, -0.05) is 37.3 Å². The van der Waals surface area contributed by atoms with Gasteiger partial charge in [0.2, 0.25) is 0 Å². The molecule has 4 nitrogen and oxygen atoms in total. The van der Waals surface area contributed by atoms with Crippen LogP contribution in [0.3, 0.4) is 0 Å². The molecule has 0 aromatic rings. The first kappa shape index (κ1) is 20.7. The Balaban J connectivity index is 3.17. The molecular formula is C20H32O4. The van der Waals surface area contributed by atoms with E-state index in [-0.39, 0.29) is 23.7 Å². The minimum absolute atomic E-state index is 0.0675. The summed E-state index contributed by atoms with van der Waals surface area (Å²) in [5.41, 5.74) is 0.312. The molecule has 3 N–H and O–H groups in total. The molecule has 0 aromatic carbocycles. The standard InChI is InChI=1S/C20H32O4/c1-7-20(6,24)17(21)12-16-14(4)8-9-15(13(2)3)19(16,5)11-10-18(22)23/h7,15-17,21,24H,1-2,4,8-12H2,3,5-6H3,(H,22,23). The monoisotopic (exact) mass is 336 g/mol. The normalized spacial score (nSPS) is 31.1. The van der Waals surface area contributed by atoms with Crippen molar-refractivity contribution in [3.8, 4) is 0 Å². The second kappa shape index (κ2) is 7.66. The fourth-order valence-electron chi connectivity index (χ4n) is 4.11. The van der Waals surface area contributed by atoms with Gasteiger partial charge < -0.3 is 15.3 Å². The van der Waals surface area contributed by atoms with Crippen LogP contribution >= 0.6 is 0 Å². The molecule has 1 rings (SSSR count). The van der Waals surface area contributed by atoms with Crippen molar-refractivity contribution in [2.45, 2.75) is 64.6 Å². The number of hydrogen-bond acceptors (Lipinski definition) is 3. The van der Waals surface area contributed by atoms with E-state index in [1.165, 1.54) is 13.0 Å². The molecule has 4 heteroatoms. The van der Waals surface area contributed by atoms with E-state index in [4.69, 9.17) is 5.11 Å². The average molecular weight is 336 g/mol. The highest BCUT2D eigenvalue weighted by atomic mass is 16.4. The zero-order chi connectivity index (χ0) is 18.7. The molecular weight excluding hydrogens is 304 g/mol. The van der Waals surface area contributed by atoms with Gasteiger partial charge in [-0.05, 0) is 56.8 Å². The molecule has 5 atom stereocenters. The van der Waals surface area contributed by atoms with Crippen molar-refractivity contribution < 1.29 is 20.1 Å². The van der Waals surface area contributed by atoms with Gasteiger partial charge in [0.1, 0.15) is 5.60 Å². The topological polar surface area (TPSA) is 77.8 Å². The number of hydrogen-bond donors (Lipinski definition) is 3. The van der Waals surface area contributed by atoms with E-state index in [9.17, 15) is 15.0 Å². The molecule has 136 valence electrons. The quantitative estimate of drug-likeness (QED) is 0.591. The largest absolute Gasteiger partial charge is 0.481 e. The smallest absolute Gasteiger partial charge is 0.303 e. The minimum atomic E-state index is -1.38. The predicted molar refractivity (Wildman–Crippen MR) is 96.6 cm³/mol. The van der Waals surface area contributed by atoms with Gasteiger partial charge in [-0.15, -0.1) is 6.58 Å². The lowest BCUT2D eigenvalue weighted by atomic mass is 9.54. The number of aliphatic carboxylic acids is 1. The molecule has 0 spiro atoms. The first-order valence-corrected chi connectivity index (χ1v) is 8.54. The van der Waals surface area contributed by atoms with E-state index < -0.39 is 17.7 Å². The Morgan fingerprint density at radius 2 is 2.12 bits per heavy atom. The van der Waals surface area contributed by atoms with Crippen molar-refractivity contribution in [1.29, 1.82) is 0 Å². The Bertz CT molecular complexity index is 520. The van der Waals surface area contributed by atoms with Gasteiger partial charge in [-0.3, -0.25) is 4.79 Å². The zero-order valence-corrected chi connectivity index (χ0v) is 15.2. The third-order valence-electron chi connectivity index (χ3n) is 5.86. The molecule has 0 amide bonds. The molecule has 1 aliphatic rings. The van der Waals surface area contributed by atoms with Crippen LogP contribution in [-0.4, -0.2) is 33.0 Å². The maximum absolute atomic E-state index is 11.1. The SMILES string of the molecule is C=CC(C)(O)C(O)CC1C(=C)CCC(C(=C)C)C1(C)CCC(=O)O. The molecule has 1 fully saturated rings. The summed E-state index contributed by atoms with van der Waals surface area (Å²) in [5.74, 6) is -0.729. The van der Waals surface area contributed by atoms with Gasteiger partial charge in [0.05, 0.1) is 6.10 Å². The summed E-state index contributed by atoms with van der Waals surface area (Å²) in [6.45, 7) is 17.4. The number of rotatable bonds is 8. The van der Waals surface area contributed by atoms with Crippen molar-refractivity contribution in [3.05, 3.63) is 37.0 Å². The molecule has 1 saturated carbocycles. The summed E-state index contributed by atoms with van der Waals surface area (Å²) in [5, 5.41) is 29.9. The Hall–Kier alpha value is -1.39. The third-order valence-corrected chi connectivity index (χ3v) is 5.86. The number of carboxylic acid groups (broad SMARTS) is 1. The van der Waals surface area contributed by atoms with E-state index in [1.54, 1.807) is 0 Å². The zero-order valence-electron chi connectivity index (χ0n) is 15.2. The van der Waals surface area contributed by atoms with Gasteiger partial charge in [0, 0.05) is 6.42 Å². The van der Waals surface area contributed by atoms with Crippen LogP contribution in [0.15, 0.2) is 37.0 Å². The van der Waals surface area contributed by atoms with E-state index in [0.29, 0.717) is 12.8 Å². The highest BCUT2D eigenvalue weighted by Gasteiger charge is 2.47. The average Bonchev–Trinajstić information content (AvgIpc) is 2.48. The number of allylic oxidation sites excluding steroid dienone is 2. The molecule has 0 aromatic heterocycles. The maximum atomic E-state index is 11.1. The molecule has 0 aliphatic heterocycles. The lowest BCUT2D eigenvalue weighted by Gasteiger charge is -2.50. The lowest BCUT2D eigenvalue weighted by molar-refractivity contribution is -0.138. The van der Waals surface area contributed by atoms with Crippen LogP contribution in [0.2, 0.25) is 0 Å². The van der Waals surface area contributed by atoms with Crippen molar-refractivity contribution in [1.82, 2.24) is 0 Å². The van der Waals surface area contributed by atoms with Gasteiger partial charge in [-0.2, -0.15) is 0 Å². The van der Waals surface area contributed by atoms with E-state index in [1.807, 2.05) is 6.92 Å². The first-order valence-electron chi connectivity index (χ1n) is 8.54. The van der Waals surface area contributed by atoms with Crippen molar-refractivity contribution in [3.63, 3.8) is 0 Å². The summed E-state index contributed by atoms with van der Waals surface area (Å²) >= 11 is 0. The van der Waals surface area contributed by atoms with Gasteiger partial charge in [0.25, 0.3) is 0 Å². The van der Waals surface area contributed by atoms with Crippen LogP contribution in [0.4, 0.5) is 0 Å². The van der Waals surface area contributed by atoms with Crippen molar-refractivity contribution in [2.75, 3.05) is 0 Å². The number of carboxylic acids is 1. The van der Waals surface area contributed by atoms with Crippen LogP contribution in [0, 0.1) is 17.3 Å². The van der Waals surface area contributed by atoms with Crippen molar-refractivity contribution in [2.24, 2.45) is 17.3 Å². The summed E-state index contributed by atoms with van der Waals surface area (Å²) in [6.07, 6.45) is 2.98. The fraction of sp³-hybridized carbons (Fsp3) is 0.650. The first-order chi connectivity index (χ1) is 11.0. The Morgan fingerprint density at radius 1 is 1.54 bits per heavy atom. The van der Waals surface area contributed by atoms with Crippen LogP contribution in [0.5, 0.6) is 0 Å². The second-order valence-corrected chi connectivity index (χ2v) is 7.73. The van der Waals surface area contributed by atoms with Crippen LogP contribution < -0.4 is 0 Å². The second-order valence-electron chi connectivity index (χ2n) is 7.73. The third kappa shape index (κ3) is 4.37. The Morgan fingerprint density at radius 3 is 2.58 bits per heavy atom. The number of carbonyl (C=O) groups is 1. The summed E-state index contributed by atoms with van der Waals surface area (Å²) < 4.78 is 0. The maximum Gasteiger partial charge on any atom is 0.303 e. The minimum Gasteiger partial charge on any atom is -0.481 e. The summed E-state index contributed by atoms with van der Waals surface area (Å²) in [4.78, 5) is 11.1.